The van der Waals surface area contributed by atoms with Crippen LogP contribution in [-0.2, 0) is 12.8 Å². The molecule has 74 heavy (non-hydrogen) atoms. The summed E-state index contributed by atoms with van der Waals surface area (Å²) in [5, 5.41) is 0. The molecule has 0 fully saturated rings. The fourth-order valence-corrected chi connectivity index (χ4v) is 7.72. The van der Waals surface area contributed by atoms with E-state index in [0.29, 0.717) is 46.9 Å². The molecule has 0 saturated carbocycles. The molecule has 0 aliphatic carbocycles. The first-order valence-electron chi connectivity index (χ1n) is 28.0. The lowest BCUT2D eigenvalue weighted by atomic mass is 9.94. The second-order valence-electron chi connectivity index (χ2n) is 22.7. The third-order valence-corrected chi connectivity index (χ3v) is 12.4. The topological polar surface area (TPSA) is 22.8 Å². The quantitative estimate of drug-likeness (QED) is 0.102. The molecule has 404 valence electrons. The molecule has 0 aromatic heterocycles. The highest BCUT2D eigenvalue weighted by Gasteiger charge is 2.09. The predicted molar refractivity (Wildman–Crippen MR) is 328 cm³/mol. The highest BCUT2D eigenvalue weighted by Crippen LogP contribution is 2.32. The van der Waals surface area contributed by atoms with E-state index in [0.717, 1.165) is 11.7 Å². The fraction of sp³-hybridized carbons (Fsp3) is 0.479. The van der Waals surface area contributed by atoms with E-state index in [9.17, 15) is 0 Å². The summed E-state index contributed by atoms with van der Waals surface area (Å²) >= 11 is 0. The van der Waals surface area contributed by atoms with Crippen LogP contribution in [0.25, 0.3) is 4.85 Å². The number of ether oxygens (including phenoxy) is 2. The average Bonchev–Trinajstić information content (AvgIpc) is 3.34. The van der Waals surface area contributed by atoms with Crippen molar-refractivity contribution in [1.29, 1.82) is 0 Å². The van der Waals surface area contributed by atoms with Crippen LogP contribution >= 0.6 is 0 Å². The van der Waals surface area contributed by atoms with Crippen LogP contribution in [0.15, 0.2) is 133 Å². The van der Waals surface area contributed by atoms with Gasteiger partial charge in [-0.2, -0.15) is 0 Å². The maximum absolute atomic E-state index is 7.11. The molecule has 0 aliphatic rings. The Balaban J connectivity index is 0.000000447. The lowest BCUT2D eigenvalue weighted by Gasteiger charge is -2.14. The molecular formula is C71H103NO2. The minimum Gasteiger partial charge on any atom is -0.502 e. The third-order valence-electron chi connectivity index (χ3n) is 12.4. The minimum absolute atomic E-state index is 0.107. The first-order valence-corrected chi connectivity index (χ1v) is 28.0. The lowest BCUT2D eigenvalue weighted by molar-refractivity contribution is 0.240. The highest BCUT2D eigenvalue weighted by molar-refractivity contribution is 5.59. The van der Waals surface area contributed by atoms with Gasteiger partial charge in [0, 0.05) is 0 Å². The number of hydrogen-bond acceptors (Lipinski definition) is 2. The first kappa shape index (κ1) is 66.4. The van der Waals surface area contributed by atoms with Gasteiger partial charge in [-0.05, 0) is 171 Å². The molecule has 0 heterocycles. The van der Waals surface area contributed by atoms with E-state index in [2.05, 4.69) is 253 Å². The van der Waals surface area contributed by atoms with Gasteiger partial charge in [-0.3, -0.25) is 0 Å². The second-order valence-corrected chi connectivity index (χ2v) is 22.7. The fourth-order valence-electron chi connectivity index (χ4n) is 7.72. The molecule has 0 aliphatic heterocycles. The summed E-state index contributed by atoms with van der Waals surface area (Å²) in [5.74, 6) is 6.07. The average molecular weight is 1000 g/mol. The smallest absolute Gasteiger partial charge is 0.228 e. The summed E-state index contributed by atoms with van der Waals surface area (Å²) < 4.78 is 11.2. The molecule has 0 atom stereocenters. The lowest BCUT2D eigenvalue weighted by Crippen LogP contribution is -2.06. The Morgan fingerprint density at radius 1 is 0.405 bits per heavy atom. The van der Waals surface area contributed by atoms with Gasteiger partial charge in [0.05, 0.1) is 18.8 Å². The normalized spacial score (nSPS) is 10.7. The van der Waals surface area contributed by atoms with Gasteiger partial charge in [0.1, 0.15) is 11.5 Å². The van der Waals surface area contributed by atoms with E-state index in [-0.39, 0.29) is 12.2 Å². The SMILES string of the molecule is CC(C)c1ccccc1.CCCc1ccc(C(C)C)cc1.Cc1cc(C(C)C)ccc1CC(C)C.Cc1cc(C(C)C)ccc1OC(C)C.Cc1cccc(C(C)C)c1.[C-]#[N+]c1cc(C(C)C)ccc1OC(C)C. The Hall–Kier alpha value is -5.59. The number of rotatable bonds is 14. The van der Waals surface area contributed by atoms with Crippen molar-refractivity contribution < 1.29 is 9.47 Å². The summed E-state index contributed by atoms with van der Waals surface area (Å²) in [4.78, 5) is 3.49. The number of benzene rings is 6. The molecule has 3 nitrogen and oxygen atoms in total. The predicted octanol–water partition coefficient (Wildman–Crippen LogP) is 22.1. The number of nitrogens with zero attached hydrogens (tertiary/aromatic N) is 1. The molecule has 0 N–H and O–H groups in total. The van der Waals surface area contributed by atoms with Crippen molar-refractivity contribution in [3.05, 3.63) is 206 Å². The molecular weight excluding hydrogens is 899 g/mol. The van der Waals surface area contributed by atoms with E-state index in [1.165, 1.54) is 80.5 Å². The molecule has 0 bridgehead atoms. The van der Waals surface area contributed by atoms with E-state index in [1.54, 1.807) is 0 Å². The zero-order valence-electron chi connectivity index (χ0n) is 50.8. The van der Waals surface area contributed by atoms with Gasteiger partial charge in [-0.25, -0.2) is 4.85 Å². The van der Waals surface area contributed by atoms with Crippen LogP contribution in [0, 0.1) is 33.3 Å². The molecule has 0 amide bonds. The van der Waals surface area contributed by atoms with Crippen LogP contribution in [0.4, 0.5) is 5.69 Å². The summed E-state index contributed by atoms with van der Waals surface area (Å²) in [6, 6.07) is 47.3. The van der Waals surface area contributed by atoms with E-state index in [4.69, 9.17) is 16.0 Å². The van der Waals surface area contributed by atoms with Crippen molar-refractivity contribution in [2.45, 2.75) is 219 Å². The molecule has 3 heteroatoms. The Morgan fingerprint density at radius 3 is 1.20 bits per heavy atom. The van der Waals surface area contributed by atoms with Crippen molar-refractivity contribution in [2.24, 2.45) is 5.92 Å². The van der Waals surface area contributed by atoms with Crippen molar-refractivity contribution in [3.63, 3.8) is 0 Å². The highest BCUT2D eigenvalue weighted by atomic mass is 16.5. The molecule has 0 spiro atoms. The maximum atomic E-state index is 7.11. The number of hydrogen-bond donors (Lipinski definition) is 0. The zero-order chi connectivity index (χ0) is 56.1. The molecule has 6 aromatic carbocycles. The van der Waals surface area contributed by atoms with Crippen molar-refractivity contribution in [1.82, 2.24) is 0 Å². The Bertz CT molecular complexity index is 2400. The van der Waals surface area contributed by atoms with Crippen molar-refractivity contribution in [2.75, 3.05) is 0 Å². The second kappa shape index (κ2) is 35.6. The van der Waals surface area contributed by atoms with Crippen LogP contribution in [0.1, 0.15) is 235 Å². The van der Waals surface area contributed by atoms with Crippen LogP contribution in [-0.4, -0.2) is 12.2 Å². The van der Waals surface area contributed by atoms with Crippen molar-refractivity contribution >= 4 is 5.69 Å². The molecule has 6 aromatic rings. The standard InChI is InChI=1S/C14H22.C13H17NO.C13H20O.C12H18.C10H14.C9H12/c1-10(2)8-14-7-6-13(11(3)4)9-12(14)5;1-9(2)11-6-7-13(15-10(3)4)12(8-11)14-5;1-9(2)12-6-7-13(11(5)8-12)14-10(3)4;1-4-5-11-6-8-12(9-7-11)10(2)3;1-8(2)10-6-4-5-9(3)7-10;1-8(2)9-6-4-3-5-7-9/h6-7,9-11H,8H2,1-5H3;6-10H,1-4H3;6-10H,1-5H3;6-10H,4-5H2,1-3H3;4-8H,1-3H3;3-8H,1-2H3. The maximum Gasteiger partial charge on any atom is 0.228 e. The molecule has 0 radical (unpaired) electrons. The van der Waals surface area contributed by atoms with Crippen LogP contribution in [0.2, 0.25) is 0 Å². The monoisotopic (exact) mass is 1000 g/mol. The van der Waals surface area contributed by atoms with Crippen LogP contribution < -0.4 is 9.47 Å². The van der Waals surface area contributed by atoms with Crippen LogP contribution in [0.3, 0.4) is 0 Å². The molecule has 0 saturated heterocycles. The largest absolute Gasteiger partial charge is 0.502 e. The van der Waals surface area contributed by atoms with Crippen molar-refractivity contribution in [3.8, 4) is 11.5 Å². The molecule has 0 unspecified atom stereocenters. The summed E-state index contributed by atoms with van der Waals surface area (Å²) in [5.41, 5.74) is 15.9. The van der Waals surface area contributed by atoms with Gasteiger partial charge in [0.25, 0.3) is 0 Å². The Morgan fingerprint density at radius 2 is 0.811 bits per heavy atom. The summed E-state index contributed by atoms with van der Waals surface area (Å²) in [6.07, 6.45) is 4.00. The van der Waals surface area contributed by atoms with E-state index in [1.807, 2.05) is 38.1 Å². The summed E-state index contributed by atoms with van der Waals surface area (Å²) in [7, 11) is 0. The van der Waals surface area contributed by atoms with Gasteiger partial charge in [0.2, 0.25) is 5.69 Å². The van der Waals surface area contributed by atoms with Gasteiger partial charge in [-0.1, -0.05) is 237 Å². The van der Waals surface area contributed by atoms with Gasteiger partial charge in [-0.15, -0.1) is 0 Å². The molecule has 6 rings (SSSR count). The van der Waals surface area contributed by atoms with E-state index < -0.39 is 0 Å². The third kappa shape index (κ3) is 27.1. The summed E-state index contributed by atoms with van der Waals surface area (Å²) in [6.45, 7) is 54.8. The van der Waals surface area contributed by atoms with E-state index >= 15 is 0 Å². The van der Waals surface area contributed by atoms with Gasteiger partial charge < -0.3 is 9.47 Å². The van der Waals surface area contributed by atoms with Gasteiger partial charge >= 0.3 is 0 Å². The zero-order valence-corrected chi connectivity index (χ0v) is 50.8. The first-order chi connectivity index (χ1) is 34.8. The Kier molecular flexibility index (Phi) is 31.9. The Labute approximate surface area is 455 Å². The van der Waals surface area contributed by atoms with Gasteiger partial charge in [0.15, 0.2) is 0 Å². The minimum atomic E-state index is 0.107. The number of aryl methyl sites for hydroxylation is 4. The van der Waals surface area contributed by atoms with Crippen LogP contribution in [0.5, 0.6) is 11.5 Å².